The molecule has 0 bridgehead atoms. The van der Waals surface area contributed by atoms with Crippen molar-refractivity contribution in [2.24, 2.45) is 11.8 Å². The van der Waals surface area contributed by atoms with Gasteiger partial charge in [-0.25, -0.2) is 0 Å². The third kappa shape index (κ3) is 4.34. The van der Waals surface area contributed by atoms with Gasteiger partial charge in [0.1, 0.15) is 0 Å². The molecule has 2 aromatic carbocycles. The van der Waals surface area contributed by atoms with E-state index in [2.05, 4.69) is 70.9 Å². The van der Waals surface area contributed by atoms with Crippen molar-refractivity contribution in [3.63, 3.8) is 0 Å². The van der Waals surface area contributed by atoms with Crippen LogP contribution in [-0.4, -0.2) is 23.9 Å². The summed E-state index contributed by atoms with van der Waals surface area (Å²) in [7, 11) is 0. The highest BCUT2D eigenvalue weighted by Crippen LogP contribution is 2.35. The summed E-state index contributed by atoms with van der Waals surface area (Å²) in [5, 5.41) is 3.19. The van der Waals surface area contributed by atoms with Crippen molar-refractivity contribution in [1.82, 2.24) is 10.2 Å². The van der Waals surface area contributed by atoms with E-state index in [1.807, 2.05) is 0 Å². The summed E-state index contributed by atoms with van der Waals surface area (Å²) in [5.74, 6) is 1.10. The average molecular weight is 348 g/mol. The van der Waals surface area contributed by atoms with Gasteiger partial charge in [0.25, 0.3) is 0 Å². The molecule has 2 fully saturated rings. The van der Waals surface area contributed by atoms with Gasteiger partial charge in [-0.15, -0.1) is 0 Å². The first-order valence-electron chi connectivity index (χ1n) is 9.90. The summed E-state index contributed by atoms with van der Waals surface area (Å²) >= 11 is 0. The second-order valence-corrected chi connectivity index (χ2v) is 7.80. The van der Waals surface area contributed by atoms with Crippen LogP contribution in [0.1, 0.15) is 42.9 Å². The van der Waals surface area contributed by atoms with Crippen molar-refractivity contribution in [2.75, 3.05) is 13.1 Å². The zero-order valence-corrected chi connectivity index (χ0v) is 15.3. The largest absolute Gasteiger partial charge is 0.356 e. The number of piperidine rings is 1. The van der Waals surface area contributed by atoms with E-state index in [4.69, 9.17) is 0 Å². The Labute approximate surface area is 156 Å². The number of amides is 1. The molecule has 2 aromatic rings. The molecule has 0 aromatic heterocycles. The van der Waals surface area contributed by atoms with E-state index < -0.39 is 0 Å². The summed E-state index contributed by atoms with van der Waals surface area (Å²) in [5.41, 5.74) is 2.67. The van der Waals surface area contributed by atoms with E-state index in [0.717, 1.165) is 38.4 Å². The minimum absolute atomic E-state index is 0.109. The van der Waals surface area contributed by atoms with Crippen molar-refractivity contribution in [3.8, 4) is 0 Å². The molecule has 1 N–H and O–H groups in total. The molecule has 1 amide bonds. The van der Waals surface area contributed by atoms with E-state index in [-0.39, 0.29) is 11.8 Å². The average Bonchev–Trinajstić information content (AvgIpc) is 3.52. The summed E-state index contributed by atoms with van der Waals surface area (Å²) in [6, 6.07) is 21.7. The summed E-state index contributed by atoms with van der Waals surface area (Å²) in [6.07, 6.45) is 4.57. The lowest BCUT2D eigenvalue weighted by Crippen LogP contribution is -2.44. The van der Waals surface area contributed by atoms with Crippen molar-refractivity contribution < 1.29 is 4.79 Å². The van der Waals surface area contributed by atoms with Gasteiger partial charge < -0.3 is 5.32 Å². The molecule has 1 saturated heterocycles. The SMILES string of the molecule is O=C(NCC1CC1)[C@H]1CC[C@@H](c2ccccc2)N(Cc2ccccc2)C1. The summed E-state index contributed by atoms with van der Waals surface area (Å²) in [4.78, 5) is 15.1. The molecule has 1 heterocycles. The highest BCUT2D eigenvalue weighted by atomic mass is 16.1. The molecule has 0 radical (unpaired) electrons. The molecule has 0 unspecified atom stereocenters. The van der Waals surface area contributed by atoms with Gasteiger partial charge in [-0.2, -0.15) is 0 Å². The van der Waals surface area contributed by atoms with Gasteiger partial charge in [0, 0.05) is 25.7 Å². The van der Waals surface area contributed by atoms with Crippen LogP contribution in [0.25, 0.3) is 0 Å². The number of rotatable bonds is 6. The molecule has 1 aliphatic carbocycles. The maximum Gasteiger partial charge on any atom is 0.224 e. The number of likely N-dealkylation sites (tertiary alicyclic amines) is 1. The van der Waals surface area contributed by atoms with Crippen LogP contribution >= 0.6 is 0 Å². The van der Waals surface area contributed by atoms with E-state index in [0.29, 0.717) is 6.04 Å². The first kappa shape index (κ1) is 17.3. The molecule has 0 spiro atoms. The van der Waals surface area contributed by atoms with Crippen LogP contribution in [0.3, 0.4) is 0 Å². The van der Waals surface area contributed by atoms with Gasteiger partial charge in [0.2, 0.25) is 5.91 Å². The maximum absolute atomic E-state index is 12.6. The topological polar surface area (TPSA) is 32.3 Å². The third-order valence-corrected chi connectivity index (χ3v) is 5.73. The Morgan fingerprint density at radius 3 is 2.31 bits per heavy atom. The lowest BCUT2D eigenvalue weighted by molar-refractivity contribution is -0.127. The van der Waals surface area contributed by atoms with Gasteiger partial charge in [-0.1, -0.05) is 60.7 Å². The van der Waals surface area contributed by atoms with Crippen LogP contribution < -0.4 is 5.32 Å². The van der Waals surface area contributed by atoms with Crippen molar-refractivity contribution in [2.45, 2.75) is 38.3 Å². The second-order valence-electron chi connectivity index (χ2n) is 7.80. The van der Waals surface area contributed by atoms with Crippen molar-refractivity contribution in [1.29, 1.82) is 0 Å². The monoisotopic (exact) mass is 348 g/mol. The number of carbonyl (C=O) groups excluding carboxylic acids is 1. The smallest absolute Gasteiger partial charge is 0.224 e. The van der Waals surface area contributed by atoms with Gasteiger partial charge in [-0.05, 0) is 42.7 Å². The molecular formula is C23H28N2O. The van der Waals surface area contributed by atoms with E-state index >= 15 is 0 Å². The molecule has 3 nitrogen and oxygen atoms in total. The number of nitrogens with zero attached hydrogens (tertiary/aromatic N) is 1. The highest BCUT2D eigenvalue weighted by Gasteiger charge is 2.33. The lowest BCUT2D eigenvalue weighted by Gasteiger charge is -2.39. The number of nitrogens with one attached hydrogen (secondary N) is 1. The van der Waals surface area contributed by atoms with Gasteiger partial charge in [-0.3, -0.25) is 9.69 Å². The van der Waals surface area contributed by atoms with Crippen molar-refractivity contribution >= 4 is 5.91 Å². The van der Waals surface area contributed by atoms with Gasteiger partial charge >= 0.3 is 0 Å². The van der Waals surface area contributed by atoms with E-state index in [1.165, 1.54) is 24.0 Å². The fourth-order valence-corrected chi connectivity index (χ4v) is 4.01. The first-order valence-corrected chi connectivity index (χ1v) is 9.90. The highest BCUT2D eigenvalue weighted by molar-refractivity contribution is 5.79. The Morgan fingerprint density at radius 2 is 1.62 bits per heavy atom. The molecule has 1 saturated carbocycles. The van der Waals surface area contributed by atoms with Gasteiger partial charge in [0.05, 0.1) is 5.92 Å². The normalized spacial score (nSPS) is 23.5. The molecule has 2 aliphatic rings. The quantitative estimate of drug-likeness (QED) is 0.850. The zero-order valence-electron chi connectivity index (χ0n) is 15.3. The number of carbonyl (C=O) groups is 1. The van der Waals surface area contributed by atoms with Crippen molar-refractivity contribution in [3.05, 3.63) is 71.8 Å². The number of hydrogen-bond acceptors (Lipinski definition) is 2. The van der Waals surface area contributed by atoms with E-state index in [9.17, 15) is 4.79 Å². The lowest BCUT2D eigenvalue weighted by atomic mass is 9.88. The molecule has 136 valence electrons. The molecule has 4 rings (SSSR count). The summed E-state index contributed by atoms with van der Waals surface area (Å²) < 4.78 is 0. The Kier molecular flexibility index (Phi) is 5.35. The Hall–Kier alpha value is -2.13. The predicted molar refractivity (Wildman–Crippen MR) is 104 cm³/mol. The Bertz CT molecular complexity index is 712. The minimum atomic E-state index is 0.109. The zero-order chi connectivity index (χ0) is 17.8. The molecule has 3 heteroatoms. The van der Waals surface area contributed by atoms with Crippen LogP contribution in [0.4, 0.5) is 0 Å². The minimum Gasteiger partial charge on any atom is -0.356 e. The molecule has 26 heavy (non-hydrogen) atoms. The van der Waals surface area contributed by atoms with Crippen LogP contribution in [0, 0.1) is 11.8 Å². The Balaban J connectivity index is 1.47. The van der Waals surface area contributed by atoms with Crippen LogP contribution in [0.15, 0.2) is 60.7 Å². The maximum atomic E-state index is 12.6. The molecule has 2 atom stereocenters. The van der Waals surface area contributed by atoms with Crippen LogP contribution in [0.2, 0.25) is 0 Å². The second kappa shape index (κ2) is 8.05. The summed E-state index contributed by atoms with van der Waals surface area (Å²) in [6.45, 7) is 2.61. The van der Waals surface area contributed by atoms with E-state index in [1.54, 1.807) is 0 Å². The first-order chi connectivity index (χ1) is 12.8. The fourth-order valence-electron chi connectivity index (χ4n) is 4.01. The predicted octanol–water partition coefficient (Wildman–Crippen LogP) is 4.17. The fraction of sp³-hybridized carbons (Fsp3) is 0.435. The van der Waals surface area contributed by atoms with Gasteiger partial charge in [0.15, 0.2) is 0 Å². The third-order valence-electron chi connectivity index (χ3n) is 5.73. The number of hydrogen-bond donors (Lipinski definition) is 1. The molecular weight excluding hydrogens is 320 g/mol. The number of benzene rings is 2. The van der Waals surface area contributed by atoms with Crippen LogP contribution in [0.5, 0.6) is 0 Å². The molecule has 1 aliphatic heterocycles. The van der Waals surface area contributed by atoms with Crippen LogP contribution in [-0.2, 0) is 11.3 Å². The standard InChI is InChI=1S/C23H28N2O/c26-23(24-15-18-11-12-18)21-13-14-22(20-9-5-2-6-10-20)25(17-21)16-19-7-3-1-4-8-19/h1-10,18,21-22H,11-17H2,(H,24,26)/t21-,22-/m0/s1. The Morgan fingerprint density at radius 1 is 0.923 bits per heavy atom.